The summed E-state index contributed by atoms with van der Waals surface area (Å²) in [7, 11) is 0. The predicted octanol–water partition coefficient (Wildman–Crippen LogP) is 5.34. The molecule has 0 aromatic rings. The molecule has 1 unspecified atom stereocenters. The van der Waals surface area contributed by atoms with E-state index in [-0.39, 0.29) is 0 Å². The van der Waals surface area contributed by atoms with Crippen LogP contribution in [0.2, 0.25) is 0 Å². The molecule has 0 nitrogen and oxygen atoms in total. The van der Waals surface area contributed by atoms with Crippen molar-refractivity contribution in [3.05, 3.63) is 12.2 Å². The number of rotatable bonds is 3. The van der Waals surface area contributed by atoms with Crippen LogP contribution in [0.5, 0.6) is 0 Å². The van der Waals surface area contributed by atoms with Gasteiger partial charge in [-0.2, -0.15) is 0 Å². The van der Waals surface area contributed by atoms with Crippen molar-refractivity contribution < 1.29 is 0 Å². The maximum Gasteiger partial charge on any atom is -0.00589 e. The Morgan fingerprint density at radius 3 is 2.44 bits per heavy atom. The Kier molecular flexibility index (Phi) is 3.47. The lowest BCUT2D eigenvalue weighted by atomic mass is 9.52. The van der Waals surface area contributed by atoms with Gasteiger partial charge in [0.1, 0.15) is 0 Å². The summed E-state index contributed by atoms with van der Waals surface area (Å²) in [5, 5.41) is 0. The molecule has 0 N–H and O–H groups in total. The molecule has 0 aromatic carbocycles. The lowest BCUT2D eigenvalue weighted by molar-refractivity contribution is 0.00127. The maximum absolute atomic E-state index is 2.61. The smallest absolute Gasteiger partial charge is 0.00589 e. The fraction of sp³-hybridized carbons (Fsp3) is 0.875. The summed E-state index contributed by atoms with van der Waals surface area (Å²) in [5.41, 5.74) is 1.22. The summed E-state index contributed by atoms with van der Waals surface area (Å²) in [5.74, 6) is 0.851. The van der Waals surface area contributed by atoms with E-state index in [2.05, 4.69) is 32.9 Å². The Labute approximate surface area is 102 Å². The van der Waals surface area contributed by atoms with Crippen molar-refractivity contribution in [3.8, 4) is 0 Å². The van der Waals surface area contributed by atoms with Crippen LogP contribution in [0, 0.1) is 16.7 Å². The zero-order valence-electron chi connectivity index (χ0n) is 11.4. The molecule has 0 radical (unpaired) electrons. The van der Waals surface area contributed by atoms with Crippen molar-refractivity contribution >= 4 is 0 Å². The molecule has 0 bridgehead atoms. The van der Waals surface area contributed by atoms with Crippen molar-refractivity contribution in [2.45, 2.75) is 72.1 Å². The number of allylic oxidation sites excluding steroid dienone is 2. The minimum absolute atomic E-state index is 0.588. The zero-order chi connectivity index (χ0) is 11.6. The average molecular weight is 220 g/mol. The molecule has 1 fully saturated rings. The third kappa shape index (κ3) is 1.85. The molecule has 0 aliphatic heterocycles. The van der Waals surface area contributed by atoms with Crippen molar-refractivity contribution in [1.82, 2.24) is 0 Å². The average Bonchev–Trinajstić information content (AvgIpc) is 2.71. The van der Waals surface area contributed by atoms with Gasteiger partial charge in [-0.25, -0.2) is 0 Å². The molecule has 0 heteroatoms. The Balaban J connectivity index is 2.28. The van der Waals surface area contributed by atoms with Crippen LogP contribution in [0.3, 0.4) is 0 Å². The van der Waals surface area contributed by atoms with Crippen molar-refractivity contribution in [2.75, 3.05) is 0 Å². The van der Waals surface area contributed by atoms with Crippen molar-refractivity contribution in [3.63, 3.8) is 0 Å². The Hall–Kier alpha value is -0.260. The van der Waals surface area contributed by atoms with Crippen LogP contribution in [0.1, 0.15) is 72.1 Å². The molecule has 1 spiro atoms. The molecule has 0 aromatic heterocycles. The van der Waals surface area contributed by atoms with E-state index in [0.717, 1.165) is 5.92 Å². The topological polar surface area (TPSA) is 0 Å². The van der Waals surface area contributed by atoms with E-state index in [1.807, 2.05) is 0 Å². The third-order valence-electron chi connectivity index (χ3n) is 5.25. The monoisotopic (exact) mass is 220 g/mol. The molecule has 2 aliphatic carbocycles. The third-order valence-corrected chi connectivity index (χ3v) is 5.25. The van der Waals surface area contributed by atoms with Crippen LogP contribution in [0.4, 0.5) is 0 Å². The lowest BCUT2D eigenvalue weighted by Crippen LogP contribution is -2.43. The summed E-state index contributed by atoms with van der Waals surface area (Å²) in [6, 6.07) is 0. The van der Waals surface area contributed by atoms with Gasteiger partial charge in [0.25, 0.3) is 0 Å². The normalized spacial score (nSPS) is 38.8. The highest BCUT2D eigenvalue weighted by molar-refractivity contribution is 5.15. The van der Waals surface area contributed by atoms with E-state index in [1.54, 1.807) is 0 Å². The largest absolute Gasteiger partial charge is 0.0879 e. The van der Waals surface area contributed by atoms with Gasteiger partial charge in [0.15, 0.2) is 0 Å². The fourth-order valence-electron chi connectivity index (χ4n) is 4.56. The maximum atomic E-state index is 2.61. The molecule has 16 heavy (non-hydrogen) atoms. The summed E-state index contributed by atoms with van der Waals surface area (Å²) >= 11 is 0. The molecule has 0 heterocycles. The van der Waals surface area contributed by atoms with Crippen LogP contribution in [0.15, 0.2) is 12.2 Å². The van der Waals surface area contributed by atoms with E-state index in [9.17, 15) is 0 Å². The molecule has 2 aliphatic rings. The second-order valence-electron chi connectivity index (χ2n) is 6.54. The number of hydrogen-bond acceptors (Lipinski definition) is 0. The van der Waals surface area contributed by atoms with Crippen LogP contribution in [0.25, 0.3) is 0 Å². The fourth-order valence-corrected chi connectivity index (χ4v) is 4.56. The van der Waals surface area contributed by atoms with Crippen LogP contribution in [-0.4, -0.2) is 0 Å². The Morgan fingerprint density at radius 1 is 1.12 bits per heavy atom. The number of hydrogen-bond donors (Lipinski definition) is 0. The highest BCUT2D eigenvalue weighted by Gasteiger charge is 2.50. The highest BCUT2D eigenvalue weighted by Crippen LogP contribution is 2.60. The van der Waals surface area contributed by atoms with Gasteiger partial charge in [-0.15, -0.1) is 0 Å². The molecule has 2 rings (SSSR count). The standard InChI is InChI=1S/C16H28/c1-4-15(13-14(2)3)9-5-6-10-16(15)11-7-8-12-16/h7,11,14H,4-6,8-10,12-13H2,1-3H3/t15?,16-/m1/s1. The lowest BCUT2D eigenvalue weighted by Gasteiger charge is -2.52. The van der Waals surface area contributed by atoms with E-state index >= 15 is 0 Å². The molecule has 92 valence electrons. The van der Waals surface area contributed by atoms with Crippen LogP contribution >= 0.6 is 0 Å². The van der Waals surface area contributed by atoms with Gasteiger partial charge in [0, 0.05) is 0 Å². The quantitative estimate of drug-likeness (QED) is 0.563. The molecular weight excluding hydrogens is 192 g/mol. The van der Waals surface area contributed by atoms with E-state index < -0.39 is 0 Å². The first-order chi connectivity index (χ1) is 7.64. The van der Waals surface area contributed by atoms with Crippen LogP contribution < -0.4 is 0 Å². The van der Waals surface area contributed by atoms with E-state index in [0.29, 0.717) is 10.8 Å². The minimum atomic E-state index is 0.588. The Bertz CT molecular complexity index is 263. The first kappa shape index (κ1) is 12.2. The van der Waals surface area contributed by atoms with Crippen molar-refractivity contribution in [1.29, 1.82) is 0 Å². The zero-order valence-corrected chi connectivity index (χ0v) is 11.4. The van der Waals surface area contributed by atoms with Crippen molar-refractivity contribution in [2.24, 2.45) is 16.7 Å². The minimum Gasteiger partial charge on any atom is -0.0879 e. The predicted molar refractivity (Wildman–Crippen MR) is 71.5 cm³/mol. The van der Waals surface area contributed by atoms with Crippen LogP contribution in [-0.2, 0) is 0 Å². The molecule has 0 amide bonds. The SMILES string of the molecule is CCC1(CC(C)C)CCCC[C@]12C=CCC2. The highest BCUT2D eigenvalue weighted by atomic mass is 14.5. The van der Waals surface area contributed by atoms with Gasteiger partial charge >= 0.3 is 0 Å². The van der Waals surface area contributed by atoms with Gasteiger partial charge in [-0.3, -0.25) is 0 Å². The molecule has 1 saturated carbocycles. The van der Waals surface area contributed by atoms with Gasteiger partial charge in [-0.1, -0.05) is 45.8 Å². The van der Waals surface area contributed by atoms with Gasteiger partial charge < -0.3 is 0 Å². The molecule has 0 saturated heterocycles. The van der Waals surface area contributed by atoms with E-state index in [4.69, 9.17) is 0 Å². The summed E-state index contributed by atoms with van der Waals surface area (Å²) in [4.78, 5) is 0. The molecular formula is C16H28. The van der Waals surface area contributed by atoms with Gasteiger partial charge in [0.05, 0.1) is 0 Å². The second kappa shape index (κ2) is 4.55. The van der Waals surface area contributed by atoms with Gasteiger partial charge in [-0.05, 0) is 55.3 Å². The first-order valence-electron chi connectivity index (χ1n) is 7.32. The second-order valence-corrected chi connectivity index (χ2v) is 6.54. The summed E-state index contributed by atoms with van der Waals surface area (Å²) in [6.45, 7) is 7.23. The summed E-state index contributed by atoms with van der Waals surface area (Å²) in [6.07, 6.45) is 16.5. The molecule has 2 atom stereocenters. The first-order valence-corrected chi connectivity index (χ1v) is 7.32. The Morgan fingerprint density at radius 2 is 1.88 bits per heavy atom. The summed E-state index contributed by atoms with van der Waals surface area (Å²) < 4.78 is 0. The van der Waals surface area contributed by atoms with E-state index in [1.165, 1.54) is 51.4 Å². The van der Waals surface area contributed by atoms with Gasteiger partial charge in [0.2, 0.25) is 0 Å².